The fraction of sp³-hybridized carbons (Fsp3) is 0.571. The minimum absolute atomic E-state index is 0.444. The molecule has 4 heteroatoms. The van der Waals surface area contributed by atoms with E-state index in [2.05, 4.69) is 27.7 Å². The molecule has 0 bridgehead atoms. The van der Waals surface area contributed by atoms with Crippen molar-refractivity contribution >= 4 is 23.2 Å². The largest absolute Gasteiger partial charge is 0.284 e. The molecule has 1 unspecified atom stereocenters. The van der Waals surface area contributed by atoms with Crippen molar-refractivity contribution in [1.82, 2.24) is 4.67 Å². The summed E-state index contributed by atoms with van der Waals surface area (Å²) in [5.74, 6) is 0.888. The van der Waals surface area contributed by atoms with E-state index in [1.54, 1.807) is 0 Å². The van der Waals surface area contributed by atoms with Gasteiger partial charge in [0.05, 0.1) is 0 Å². The molecular formula is C14H23ClNOP. The first-order valence-electron chi connectivity index (χ1n) is 6.44. The maximum Gasteiger partial charge on any atom is 0.263 e. The molecule has 0 amide bonds. The van der Waals surface area contributed by atoms with Crippen LogP contribution in [0, 0.1) is 11.8 Å². The number of rotatable bonds is 6. The molecule has 0 heterocycles. The van der Waals surface area contributed by atoms with Gasteiger partial charge in [0, 0.05) is 18.4 Å². The molecule has 0 aliphatic carbocycles. The van der Waals surface area contributed by atoms with E-state index in [1.165, 1.54) is 0 Å². The van der Waals surface area contributed by atoms with E-state index in [1.807, 2.05) is 35.0 Å². The fourth-order valence-electron chi connectivity index (χ4n) is 1.90. The Balaban J connectivity index is 2.99. The Morgan fingerprint density at radius 3 is 1.89 bits per heavy atom. The Bertz CT molecular complexity index is 396. The summed E-state index contributed by atoms with van der Waals surface area (Å²) in [6.07, 6.45) is 0. The van der Waals surface area contributed by atoms with Crippen molar-refractivity contribution in [1.29, 1.82) is 0 Å². The molecular weight excluding hydrogens is 265 g/mol. The van der Waals surface area contributed by atoms with Crippen LogP contribution in [-0.2, 0) is 4.57 Å². The standard InChI is InChI=1S/C14H23ClNOP/c1-12(2)10-16(11-13(3)4)18(15,17)14-8-6-5-7-9-14/h5-9,12-13H,10-11H2,1-4H3. The average Bonchev–Trinajstić information content (AvgIpc) is 2.28. The SMILES string of the molecule is CC(C)CN(CC(C)C)P(=O)(Cl)c1ccccc1. The molecule has 1 rings (SSSR count). The molecule has 1 aromatic carbocycles. The van der Waals surface area contributed by atoms with Gasteiger partial charge in [-0.2, -0.15) is 0 Å². The van der Waals surface area contributed by atoms with Crippen molar-refractivity contribution in [2.45, 2.75) is 27.7 Å². The van der Waals surface area contributed by atoms with Crippen LogP contribution in [0.15, 0.2) is 30.3 Å². The Morgan fingerprint density at radius 1 is 1.06 bits per heavy atom. The number of benzene rings is 1. The van der Waals surface area contributed by atoms with Crippen LogP contribution >= 0.6 is 17.9 Å². The summed E-state index contributed by atoms with van der Waals surface area (Å²) in [7, 11) is 0. The van der Waals surface area contributed by atoms with Crippen LogP contribution in [0.2, 0.25) is 0 Å². The lowest BCUT2D eigenvalue weighted by Crippen LogP contribution is -2.30. The molecule has 1 aromatic rings. The Hall–Kier alpha value is -0.300. The molecule has 0 saturated heterocycles. The molecule has 0 aliphatic rings. The summed E-state index contributed by atoms with van der Waals surface area (Å²) in [4.78, 5) is 0. The van der Waals surface area contributed by atoms with Crippen molar-refractivity contribution in [3.05, 3.63) is 30.3 Å². The topological polar surface area (TPSA) is 20.3 Å². The first-order chi connectivity index (χ1) is 8.34. The van der Waals surface area contributed by atoms with Gasteiger partial charge in [-0.1, -0.05) is 45.9 Å². The highest BCUT2D eigenvalue weighted by atomic mass is 35.7. The number of hydrogen-bond acceptors (Lipinski definition) is 1. The molecule has 0 saturated carbocycles. The van der Waals surface area contributed by atoms with E-state index in [-0.39, 0.29) is 0 Å². The van der Waals surface area contributed by atoms with E-state index in [4.69, 9.17) is 11.2 Å². The van der Waals surface area contributed by atoms with Gasteiger partial charge < -0.3 is 0 Å². The lowest BCUT2D eigenvalue weighted by atomic mass is 10.2. The maximum atomic E-state index is 12.9. The molecule has 0 fully saturated rings. The van der Waals surface area contributed by atoms with Gasteiger partial charge in [-0.3, -0.25) is 4.57 Å². The molecule has 0 aromatic heterocycles. The molecule has 0 aliphatic heterocycles. The molecule has 0 N–H and O–H groups in total. The third-order valence-electron chi connectivity index (χ3n) is 2.59. The molecule has 2 nitrogen and oxygen atoms in total. The van der Waals surface area contributed by atoms with Crippen molar-refractivity contribution in [2.24, 2.45) is 11.8 Å². The van der Waals surface area contributed by atoms with Crippen LogP contribution in [0.5, 0.6) is 0 Å². The van der Waals surface area contributed by atoms with E-state index in [0.717, 1.165) is 18.4 Å². The minimum atomic E-state index is -2.96. The number of nitrogens with zero attached hydrogens (tertiary/aromatic N) is 1. The normalized spacial score (nSPS) is 15.3. The monoisotopic (exact) mass is 287 g/mol. The smallest absolute Gasteiger partial charge is 0.263 e. The first-order valence-corrected chi connectivity index (χ1v) is 9.01. The minimum Gasteiger partial charge on any atom is -0.284 e. The number of hydrogen-bond donors (Lipinski definition) is 0. The molecule has 102 valence electrons. The van der Waals surface area contributed by atoms with Gasteiger partial charge in [-0.25, -0.2) is 4.67 Å². The van der Waals surface area contributed by atoms with E-state index in [9.17, 15) is 4.57 Å². The van der Waals surface area contributed by atoms with Crippen LogP contribution in [-0.4, -0.2) is 17.8 Å². The second-order valence-corrected chi connectivity index (χ2v) is 8.96. The summed E-state index contributed by atoms with van der Waals surface area (Å²) in [6, 6.07) is 9.37. The zero-order valence-electron chi connectivity index (χ0n) is 11.6. The second kappa shape index (κ2) is 6.75. The van der Waals surface area contributed by atoms with E-state index in [0.29, 0.717) is 11.8 Å². The van der Waals surface area contributed by atoms with Gasteiger partial charge in [-0.05, 0) is 35.2 Å². The second-order valence-electron chi connectivity index (χ2n) is 5.50. The summed E-state index contributed by atoms with van der Waals surface area (Å²) < 4.78 is 14.8. The van der Waals surface area contributed by atoms with Crippen LogP contribution in [0.4, 0.5) is 0 Å². The van der Waals surface area contributed by atoms with Crippen molar-refractivity contribution in [2.75, 3.05) is 13.1 Å². The van der Waals surface area contributed by atoms with Crippen LogP contribution in [0.3, 0.4) is 0 Å². The lowest BCUT2D eigenvalue weighted by molar-refractivity contribution is 0.341. The first kappa shape index (κ1) is 15.8. The predicted octanol–water partition coefficient (Wildman–Crippen LogP) is 4.36. The van der Waals surface area contributed by atoms with Gasteiger partial charge in [-0.15, -0.1) is 0 Å². The highest BCUT2D eigenvalue weighted by Crippen LogP contribution is 2.54. The van der Waals surface area contributed by atoms with Gasteiger partial charge in [0.1, 0.15) is 0 Å². The van der Waals surface area contributed by atoms with E-state index >= 15 is 0 Å². The van der Waals surface area contributed by atoms with Gasteiger partial charge >= 0.3 is 0 Å². The summed E-state index contributed by atoms with van der Waals surface area (Å²) >= 11 is 6.40. The van der Waals surface area contributed by atoms with Gasteiger partial charge in [0.15, 0.2) is 0 Å². The lowest BCUT2D eigenvalue weighted by Gasteiger charge is -2.30. The summed E-state index contributed by atoms with van der Waals surface area (Å²) in [5.41, 5.74) is 0. The average molecular weight is 288 g/mol. The Labute approximate surface area is 116 Å². The van der Waals surface area contributed by atoms with Gasteiger partial charge in [0.2, 0.25) is 0 Å². The highest BCUT2D eigenvalue weighted by Gasteiger charge is 2.30. The Kier molecular flexibility index (Phi) is 5.91. The maximum absolute atomic E-state index is 12.9. The fourth-order valence-corrected chi connectivity index (χ4v) is 4.55. The van der Waals surface area contributed by atoms with Crippen molar-refractivity contribution in [3.8, 4) is 0 Å². The number of halogens is 1. The van der Waals surface area contributed by atoms with Gasteiger partial charge in [0.25, 0.3) is 6.65 Å². The quantitative estimate of drug-likeness (QED) is 0.725. The highest BCUT2D eigenvalue weighted by molar-refractivity contribution is 7.93. The van der Waals surface area contributed by atoms with Crippen molar-refractivity contribution in [3.63, 3.8) is 0 Å². The van der Waals surface area contributed by atoms with Crippen molar-refractivity contribution < 1.29 is 4.57 Å². The molecule has 0 radical (unpaired) electrons. The third-order valence-corrected chi connectivity index (χ3v) is 5.81. The molecule has 1 atom stereocenters. The third kappa shape index (κ3) is 4.42. The van der Waals surface area contributed by atoms with Crippen LogP contribution in [0.25, 0.3) is 0 Å². The van der Waals surface area contributed by atoms with E-state index < -0.39 is 6.65 Å². The zero-order valence-corrected chi connectivity index (χ0v) is 13.3. The molecule has 18 heavy (non-hydrogen) atoms. The Morgan fingerprint density at radius 2 is 1.50 bits per heavy atom. The summed E-state index contributed by atoms with van der Waals surface area (Å²) in [6.45, 7) is 7.04. The predicted molar refractivity (Wildman–Crippen MR) is 80.8 cm³/mol. The summed E-state index contributed by atoms with van der Waals surface area (Å²) in [5, 5.41) is 0.730. The molecule has 0 spiro atoms. The zero-order chi connectivity index (χ0) is 13.8. The van der Waals surface area contributed by atoms with Crippen LogP contribution < -0.4 is 5.30 Å². The van der Waals surface area contributed by atoms with Crippen LogP contribution in [0.1, 0.15) is 27.7 Å².